The molecule has 1 saturated heterocycles. The van der Waals surface area contributed by atoms with Crippen LogP contribution in [-0.4, -0.2) is 35.3 Å². The summed E-state index contributed by atoms with van der Waals surface area (Å²) in [4.78, 5) is 26.6. The van der Waals surface area contributed by atoms with Crippen LogP contribution >= 0.6 is 0 Å². The van der Waals surface area contributed by atoms with Gasteiger partial charge in [0, 0.05) is 32.7 Å². The van der Waals surface area contributed by atoms with E-state index in [0.717, 1.165) is 30.8 Å². The van der Waals surface area contributed by atoms with E-state index in [1.165, 1.54) is 4.68 Å². The molecule has 1 amide bonds. The van der Waals surface area contributed by atoms with Crippen LogP contribution in [0.2, 0.25) is 0 Å². The number of hydrogen-bond donors (Lipinski definition) is 1. The van der Waals surface area contributed by atoms with Crippen LogP contribution < -0.4 is 15.8 Å². The van der Waals surface area contributed by atoms with Gasteiger partial charge in [0.15, 0.2) is 0 Å². The van der Waals surface area contributed by atoms with Crippen molar-refractivity contribution in [1.82, 2.24) is 15.1 Å². The summed E-state index contributed by atoms with van der Waals surface area (Å²) in [5.74, 6) is 0.409. The molecule has 1 aromatic heterocycles. The van der Waals surface area contributed by atoms with E-state index in [2.05, 4.69) is 15.3 Å². The van der Waals surface area contributed by atoms with Crippen molar-refractivity contribution >= 4 is 11.6 Å². The molecule has 1 N–H and O–H groups in total. The van der Waals surface area contributed by atoms with E-state index in [9.17, 15) is 9.59 Å². The summed E-state index contributed by atoms with van der Waals surface area (Å²) in [5, 5.41) is 7.19. The van der Waals surface area contributed by atoms with Gasteiger partial charge < -0.3 is 10.2 Å². The second-order valence-corrected chi connectivity index (χ2v) is 7.48. The Kier molecular flexibility index (Phi) is 5.11. The van der Waals surface area contributed by atoms with Crippen molar-refractivity contribution in [1.29, 1.82) is 0 Å². The zero-order valence-electron chi connectivity index (χ0n) is 15.6. The molecule has 1 aliphatic heterocycles. The van der Waals surface area contributed by atoms with Gasteiger partial charge >= 0.3 is 0 Å². The molecule has 3 rings (SSSR count). The first-order valence-corrected chi connectivity index (χ1v) is 9.00. The molecule has 0 spiro atoms. The first-order valence-electron chi connectivity index (χ1n) is 9.00. The molecule has 0 aliphatic carbocycles. The summed E-state index contributed by atoms with van der Waals surface area (Å²) < 4.78 is 1.32. The fourth-order valence-electron chi connectivity index (χ4n) is 3.31. The van der Waals surface area contributed by atoms with Gasteiger partial charge in [0.1, 0.15) is 0 Å². The fraction of sp³-hybridized carbons (Fsp3) is 0.450. The van der Waals surface area contributed by atoms with Crippen LogP contribution in [0.3, 0.4) is 0 Å². The van der Waals surface area contributed by atoms with Gasteiger partial charge in [-0.1, -0.05) is 30.3 Å². The average molecular weight is 354 g/mol. The van der Waals surface area contributed by atoms with Gasteiger partial charge in [-0.25, -0.2) is 4.68 Å². The summed E-state index contributed by atoms with van der Waals surface area (Å²) in [5.41, 5.74) is 1.20. The maximum atomic E-state index is 12.7. The normalized spacial score (nSPS) is 17.3. The first kappa shape index (κ1) is 18.2. The quantitative estimate of drug-likeness (QED) is 0.887. The lowest BCUT2D eigenvalue weighted by Crippen LogP contribution is -2.42. The number of hydrogen-bond acceptors (Lipinski definition) is 4. The van der Waals surface area contributed by atoms with Crippen LogP contribution in [0.4, 0.5) is 5.69 Å². The SMILES string of the molecule is Cn1ncc(N2CCC(CNC(=O)C(C)(C)c3ccccc3)C2)cc1=O. The molecule has 1 fully saturated rings. The summed E-state index contributed by atoms with van der Waals surface area (Å²) in [6.45, 7) is 6.23. The van der Waals surface area contributed by atoms with Gasteiger partial charge in [0.2, 0.25) is 5.91 Å². The van der Waals surface area contributed by atoms with Crippen LogP contribution in [0.15, 0.2) is 47.4 Å². The lowest BCUT2D eigenvalue weighted by Gasteiger charge is -2.25. The first-order chi connectivity index (χ1) is 12.4. The molecule has 0 bridgehead atoms. The van der Waals surface area contributed by atoms with E-state index in [4.69, 9.17) is 0 Å². The molecule has 2 heterocycles. The van der Waals surface area contributed by atoms with Crippen LogP contribution in [0.5, 0.6) is 0 Å². The number of amides is 1. The third-order valence-corrected chi connectivity index (χ3v) is 5.22. The van der Waals surface area contributed by atoms with Crippen LogP contribution in [-0.2, 0) is 17.3 Å². The number of nitrogens with zero attached hydrogens (tertiary/aromatic N) is 3. The minimum Gasteiger partial charge on any atom is -0.370 e. The number of aryl methyl sites for hydroxylation is 1. The second kappa shape index (κ2) is 7.32. The molecular formula is C20H26N4O2. The number of nitrogens with one attached hydrogen (secondary N) is 1. The minimum absolute atomic E-state index is 0.0393. The highest BCUT2D eigenvalue weighted by atomic mass is 16.2. The van der Waals surface area contributed by atoms with Crippen molar-refractivity contribution in [3.05, 3.63) is 58.5 Å². The van der Waals surface area contributed by atoms with E-state index in [-0.39, 0.29) is 11.5 Å². The maximum absolute atomic E-state index is 12.7. The topological polar surface area (TPSA) is 67.2 Å². The number of anilines is 1. The Bertz CT molecular complexity index is 829. The van der Waals surface area contributed by atoms with E-state index in [1.807, 2.05) is 44.2 Å². The zero-order valence-corrected chi connectivity index (χ0v) is 15.6. The van der Waals surface area contributed by atoms with E-state index >= 15 is 0 Å². The molecule has 6 nitrogen and oxygen atoms in total. The highest BCUT2D eigenvalue weighted by Gasteiger charge is 2.31. The average Bonchev–Trinajstić information content (AvgIpc) is 3.11. The highest BCUT2D eigenvalue weighted by molar-refractivity contribution is 5.87. The summed E-state index contributed by atoms with van der Waals surface area (Å²) in [6, 6.07) is 11.5. The van der Waals surface area contributed by atoms with Crippen LogP contribution in [0.1, 0.15) is 25.8 Å². The Balaban J connectivity index is 1.57. The van der Waals surface area contributed by atoms with Crippen molar-refractivity contribution in [3.8, 4) is 0 Å². The Labute approximate surface area is 153 Å². The van der Waals surface area contributed by atoms with Gasteiger partial charge in [0.25, 0.3) is 5.56 Å². The molecule has 0 saturated carbocycles. The number of carbonyl (C=O) groups is 1. The molecule has 1 aliphatic rings. The van der Waals surface area contributed by atoms with Crippen molar-refractivity contribution in [2.75, 3.05) is 24.5 Å². The Morgan fingerprint density at radius 1 is 1.31 bits per heavy atom. The fourth-order valence-corrected chi connectivity index (χ4v) is 3.31. The standard InChI is InChI=1S/C20H26N4O2/c1-20(2,16-7-5-4-6-8-16)19(26)21-12-15-9-10-24(14-15)17-11-18(25)23(3)22-13-17/h4-8,11,13,15H,9-10,12,14H2,1-3H3,(H,21,26). The Morgan fingerprint density at radius 2 is 2.04 bits per heavy atom. The van der Waals surface area contributed by atoms with E-state index < -0.39 is 5.41 Å². The number of aromatic nitrogens is 2. The third kappa shape index (κ3) is 3.79. The maximum Gasteiger partial charge on any atom is 0.268 e. The molecule has 1 atom stereocenters. The molecule has 1 aromatic carbocycles. The summed E-state index contributed by atoms with van der Waals surface area (Å²) >= 11 is 0. The van der Waals surface area contributed by atoms with E-state index in [1.54, 1.807) is 19.3 Å². The predicted molar refractivity (Wildman–Crippen MR) is 102 cm³/mol. The monoisotopic (exact) mass is 354 g/mol. The lowest BCUT2D eigenvalue weighted by molar-refractivity contribution is -0.125. The molecule has 138 valence electrons. The Hall–Kier alpha value is -2.63. The summed E-state index contributed by atoms with van der Waals surface area (Å²) in [6.07, 6.45) is 2.71. The van der Waals surface area contributed by atoms with Crippen molar-refractivity contribution < 1.29 is 4.79 Å². The van der Waals surface area contributed by atoms with Crippen LogP contribution in [0, 0.1) is 5.92 Å². The van der Waals surface area contributed by atoms with Crippen molar-refractivity contribution in [2.24, 2.45) is 13.0 Å². The van der Waals surface area contributed by atoms with Gasteiger partial charge in [0.05, 0.1) is 17.3 Å². The molecule has 1 unspecified atom stereocenters. The second-order valence-electron chi connectivity index (χ2n) is 7.48. The minimum atomic E-state index is -0.560. The van der Waals surface area contributed by atoms with Crippen molar-refractivity contribution in [2.45, 2.75) is 25.7 Å². The molecule has 26 heavy (non-hydrogen) atoms. The van der Waals surface area contributed by atoms with Gasteiger partial charge in [-0.3, -0.25) is 9.59 Å². The smallest absolute Gasteiger partial charge is 0.268 e. The lowest BCUT2D eigenvalue weighted by atomic mass is 9.83. The van der Waals surface area contributed by atoms with Crippen molar-refractivity contribution in [3.63, 3.8) is 0 Å². The largest absolute Gasteiger partial charge is 0.370 e. The van der Waals surface area contributed by atoms with Gasteiger partial charge in [-0.2, -0.15) is 5.10 Å². The molecular weight excluding hydrogens is 328 g/mol. The highest BCUT2D eigenvalue weighted by Crippen LogP contribution is 2.24. The van der Waals surface area contributed by atoms with E-state index in [0.29, 0.717) is 12.5 Å². The number of carbonyl (C=O) groups excluding carboxylic acids is 1. The third-order valence-electron chi connectivity index (χ3n) is 5.22. The molecule has 6 heteroatoms. The predicted octanol–water partition coefficient (Wildman–Crippen LogP) is 1.70. The number of rotatable bonds is 5. The summed E-state index contributed by atoms with van der Waals surface area (Å²) in [7, 11) is 1.64. The molecule has 2 aromatic rings. The number of benzene rings is 1. The van der Waals surface area contributed by atoms with Gasteiger partial charge in [-0.05, 0) is 31.7 Å². The van der Waals surface area contributed by atoms with Gasteiger partial charge in [-0.15, -0.1) is 0 Å². The van der Waals surface area contributed by atoms with Crippen LogP contribution in [0.25, 0.3) is 0 Å². The Morgan fingerprint density at radius 3 is 2.73 bits per heavy atom. The molecule has 0 radical (unpaired) electrons. The zero-order chi connectivity index (χ0) is 18.7.